The Hall–Kier alpha value is -1.62. The van der Waals surface area contributed by atoms with Gasteiger partial charge in [0.1, 0.15) is 5.69 Å². The van der Waals surface area contributed by atoms with Crippen LogP contribution in [0.5, 0.6) is 0 Å². The van der Waals surface area contributed by atoms with E-state index in [-0.39, 0.29) is 10.6 Å². The standard InChI is InChI=1S/C17H26N3O2/c1-20-11-5-4-10-17(20)14(7-6-12-20)13-18-15-8-2-3-9-16(15)19(21)22/h2-3,8-9,14,17-18H,4-7,10-13H2,1H3/q+1/t14-,17-,20-/m1/s1. The average molecular weight is 304 g/mol. The second kappa shape index (κ2) is 6.24. The molecule has 2 saturated heterocycles. The SMILES string of the molecule is C[N@+]12CCCC[C@@H]1[C@@H](CNc1ccccc1[N+](=O)[O-])CCC2. The first kappa shape index (κ1) is 15.3. The number of nitrogens with zero attached hydrogens (tertiary/aromatic N) is 2. The van der Waals surface area contributed by atoms with Crippen molar-refractivity contribution in [3.63, 3.8) is 0 Å². The number of rotatable bonds is 4. The van der Waals surface area contributed by atoms with Crippen LogP contribution in [0.15, 0.2) is 24.3 Å². The highest BCUT2D eigenvalue weighted by atomic mass is 16.6. The number of piperidine rings is 2. The van der Waals surface area contributed by atoms with E-state index in [0.717, 1.165) is 12.6 Å². The van der Waals surface area contributed by atoms with Gasteiger partial charge in [-0.15, -0.1) is 0 Å². The minimum absolute atomic E-state index is 0.180. The first-order valence-corrected chi connectivity index (χ1v) is 8.42. The van der Waals surface area contributed by atoms with E-state index in [4.69, 9.17) is 0 Å². The van der Waals surface area contributed by atoms with E-state index in [9.17, 15) is 10.1 Å². The van der Waals surface area contributed by atoms with Crippen molar-refractivity contribution in [1.29, 1.82) is 0 Å². The normalized spacial score (nSPS) is 31.3. The summed E-state index contributed by atoms with van der Waals surface area (Å²) in [5, 5.41) is 14.5. The average Bonchev–Trinajstić information content (AvgIpc) is 2.52. The van der Waals surface area contributed by atoms with E-state index in [1.165, 1.54) is 49.7 Å². The largest absolute Gasteiger partial charge is 0.379 e. The van der Waals surface area contributed by atoms with Gasteiger partial charge in [-0.2, -0.15) is 0 Å². The fraction of sp³-hybridized carbons (Fsp3) is 0.647. The minimum Gasteiger partial charge on any atom is -0.379 e. The van der Waals surface area contributed by atoms with Crippen molar-refractivity contribution in [2.24, 2.45) is 5.92 Å². The molecule has 1 aromatic rings. The molecule has 120 valence electrons. The second-order valence-corrected chi connectivity index (χ2v) is 7.05. The number of nitro groups is 1. The van der Waals surface area contributed by atoms with Crippen molar-refractivity contribution in [2.45, 2.75) is 38.1 Å². The number of hydrogen-bond acceptors (Lipinski definition) is 3. The number of hydrogen-bond donors (Lipinski definition) is 1. The Bertz CT molecular complexity index is 544. The Morgan fingerprint density at radius 3 is 2.82 bits per heavy atom. The predicted molar refractivity (Wildman–Crippen MR) is 87.9 cm³/mol. The van der Waals surface area contributed by atoms with Crippen LogP contribution in [0, 0.1) is 16.0 Å². The number of fused-ring (bicyclic) bond motifs is 1. The molecule has 3 atom stereocenters. The molecular formula is C17H26N3O2+. The summed E-state index contributed by atoms with van der Waals surface area (Å²) >= 11 is 0. The van der Waals surface area contributed by atoms with Gasteiger partial charge in [-0.05, 0) is 38.2 Å². The zero-order chi connectivity index (χ0) is 15.6. The van der Waals surface area contributed by atoms with Crippen molar-refractivity contribution in [3.8, 4) is 0 Å². The van der Waals surface area contributed by atoms with Crippen molar-refractivity contribution < 1.29 is 9.41 Å². The molecule has 1 aromatic carbocycles. The van der Waals surface area contributed by atoms with Crippen LogP contribution in [-0.4, -0.2) is 42.1 Å². The highest BCUT2D eigenvalue weighted by Crippen LogP contribution is 2.36. The van der Waals surface area contributed by atoms with E-state index in [0.29, 0.717) is 11.6 Å². The van der Waals surface area contributed by atoms with Gasteiger partial charge in [-0.3, -0.25) is 10.1 Å². The van der Waals surface area contributed by atoms with Crippen LogP contribution in [0.2, 0.25) is 0 Å². The summed E-state index contributed by atoms with van der Waals surface area (Å²) in [7, 11) is 2.40. The van der Waals surface area contributed by atoms with E-state index in [1.807, 2.05) is 12.1 Å². The summed E-state index contributed by atoms with van der Waals surface area (Å²) in [6, 6.07) is 7.69. The number of nitro benzene ring substituents is 1. The number of benzene rings is 1. The first-order valence-electron chi connectivity index (χ1n) is 8.42. The number of quaternary nitrogens is 1. The molecular weight excluding hydrogens is 278 g/mol. The van der Waals surface area contributed by atoms with Gasteiger partial charge < -0.3 is 9.80 Å². The molecule has 5 heteroatoms. The highest BCUT2D eigenvalue weighted by molar-refractivity contribution is 5.61. The van der Waals surface area contributed by atoms with Crippen molar-refractivity contribution in [1.82, 2.24) is 0 Å². The lowest BCUT2D eigenvalue weighted by Gasteiger charge is -2.51. The maximum absolute atomic E-state index is 11.1. The van der Waals surface area contributed by atoms with Crippen molar-refractivity contribution in [3.05, 3.63) is 34.4 Å². The summed E-state index contributed by atoms with van der Waals surface area (Å²) in [6.45, 7) is 3.45. The third-order valence-corrected chi connectivity index (χ3v) is 5.66. The lowest BCUT2D eigenvalue weighted by atomic mass is 9.81. The van der Waals surface area contributed by atoms with Crippen LogP contribution in [-0.2, 0) is 0 Å². The third-order valence-electron chi connectivity index (χ3n) is 5.66. The maximum Gasteiger partial charge on any atom is 0.292 e. The molecule has 5 nitrogen and oxygen atoms in total. The summed E-state index contributed by atoms with van der Waals surface area (Å²) in [5.74, 6) is 0.624. The van der Waals surface area contributed by atoms with Crippen LogP contribution in [0.3, 0.4) is 0 Å². The van der Waals surface area contributed by atoms with Gasteiger partial charge in [0.2, 0.25) is 0 Å². The smallest absolute Gasteiger partial charge is 0.292 e. The Morgan fingerprint density at radius 1 is 1.23 bits per heavy atom. The van der Waals surface area contributed by atoms with E-state index >= 15 is 0 Å². The minimum atomic E-state index is -0.302. The molecule has 0 unspecified atom stereocenters. The van der Waals surface area contributed by atoms with Gasteiger partial charge >= 0.3 is 0 Å². The number of nitrogens with one attached hydrogen (secondary N) is 1. The Kier molecular flexibility index (Phi) is 4.34. The van der Waals surface area contributed by atoms with Crippen LogP contribution in [0.25, 0.3) is 0 Å². The van der Waals surface area contributed by atoms with Crippen LogP contribution >= 0.6 is 0 Å². The first-order chi connectivity index (χ1) is 10.6. The zero-order valence-electron chi connectivity index (χ0n) is 13.3. The Balaban J connectivity index is 1.69. The predicted octanol–water partition coefficient (Wildman–Crippen LogP) is 3.42. The van der Waals surface area contributed by atoms with E-state index < -0.39 is 0 Å². The Labute approximate surface area is 132 Å². The topological polar surface area (TPSA) is 55.2 Å². The molecule has 0 aliphatic carbocycles. The molecule has 2 heterocycles. The molecule has 1 N–H and O–H groups in total. The Morgan fingerprint density at radius 2 is 2.00 bits per heavy atom. The molecule has 3 rings (SSSR count). The molecule has 0 aromatic heterocycles. The lowest BCUT2D eigenvalue weighted by Crippen LogP contribution is -2.61. The molecule has 2 aliphatic heterocycles. The summed E-state index contributed by atoms with van der Waals surface area (Å²) in [5.41, 5.74) is 0.835. The summed E-state index contributed by atoms with van der Waals surface area (Å²) in [4.78, 5) is 10.8. The number of anilines is 1. The van der Waals surface area contributed by atoms with Gasteiger partial charge in [-0.1, -0.05) is 12.1 Å². The maximum atomic E-state index is 11.1. The number of para-hydroxylation sites is 2. The van der Waals surface area contributed by atoms with E-state index in [2.05, 4.69) is 12.4 Å². The molecule has 0 spiro atoms. The summed E-state index contributed by atoms with van der Waals surface area (Å²) < 4.78 is 1.21. The van der Waals surface area contributed by atoms with Crippen LogP contribution < -0.4 is 5.32 Å². The van der Waals surface area contributed by atoms with Gasteiger partial charge in [-0.25, -0.2) is 0 Å². The molecule has 0 amide bonds. The van der Waals surface area contributed by atoms with E-state index in [1.54, 1.807) is 12.1 Å². The third kappa shape index (κ3) is 2.95. The van der Waals surface area contributed by atoms with Crippen LogP contribution in [0.1, 0.15) is 32.1 Å². The van der Waals surface area contributed by atoms with Gasteiger partial charge in [0.25, 0.3) is 5.69 Å². The fourth-order valence-corrected chi connectivity index (χ4v) is 4.49. The molecule has 0 radical (unpaired) electrons. The van der Waals surface area contributed by atoms with Gasteiger partial charge in [0, 0.05) is 18.5 Å². The lowest BCUT2D eigenvalue weighted by molar-refractivity contribution is -0.946. The quantitative estimate of drug-likeness (QED) is 0.527. The highest BCUT2D eigenvalue weighted by Gasteiger charge is 2.43. The zero-order valence-corrected chi connectivity index (χ0v) is 13.3. The molecule has 2 aliphatic rings. The molecule has 2 fully saturated rings. The fourth-order valence-electron chi connectivity index (χ4n) is 4.49. The monoisotopic (exact) mass is 304 g/mol. The van der Waals surface area contributed by atoms with Gasteiger partial charge in [0.05, 0.1) is 31.1 Å². The molecule has 22 heavy (non-hydrogen) atoms. The van der Waals surface area contributed by atoms with Crippen molar-refractivity contribution >= 4 is 11.4 Å². The molecule has 0 saturated carbocycles. The van der Waals surface area contributed by atoms with Gasteiger partial charge in [0.15, 0.2) is 0 Å². The summed E-state index contributed by atoms with van der Waals surface area (Å²) in [6.07, 6.45) is 6.50. The second-order valence-electron chi connectivity index (χ2n) is 7.05. The van der Waals surface area contributed by atoms with Crippen LogP contribution in [0.4, 0.5) is 11.4 Å². The van der Waals surface area contributed by atoms with Crippen molar-refractivity contribution in [2.75, 3.05) is 32.0 Å². The molecule has 0 bridgehead atoms.